The molecule has 0 aromatic rings. The van der Waals surface area contributed by atoms with Crippen LogP contribution >= 0.6 is 0 Å². The highest BCUT2D eigenvalue weighted by atomic mass is 16.2. The van der Waals surface area contributed by atoms with Gasteiger partial charge in [0.1, 0.15) is 0 Å². The largest absolute Gasteiger partial charge is 0.340 e. The van der Waals surface area contributed by atoms with Gasteiger partial charge in [0.15, 0.2) is 0 Å². The maximum absolute atomic E-state index is 11.7. The lowest BCUT2D eigenvalue weighted by Crippen LogP contribution is -2.51. The van der Waals surface area contributed by atoms with Gasteiger partial charge in [0.05, 0.1) is 0 Å². The third-order valence-electron chi connectivity index (χ3n) is 2.88. The third-order valence-corrected chi connectivity index (χ3v) is 2.88. The molecule has 1 aliphatic heterocycles. The Hall–Kier alpha value is -0.570. The number of nitrogens with one attached hydrogen (secondary N) is 1. The van der Waals surface area contributed by atoms with Gasteiger partial charge >= 0.3 is 0 Å². The molecule has 0 aromatic heterocycles. The molecule has 2 aliphatic rings. The van der Waals surface area contributed by atoms with E-state index >= 15 is 0 Å². The van der Waals surface area contributed by atoms with Crippen molar-refractivity contribution in [2.45, 2.75) is 32.2 Å². The molecule has 3 heteroatoms. The lowest BCUT2D eigenvalue weighted by Gasteiger charge is -2.32. The van der Waals surface area contributed by atoms with Crippen molar-refractivity contribution in [2.24, 2.45) is 5.92 Å². The van der Waals surface area contributed by atoms with Crippen molar-refractivity contribution in [3.63, 3.8) is 0 Å². The van der Waals surface area contributed by atoms with Crippen molar-refractivity contribution in [2.75, 3.05) is 19.6 Å². The number of hydrogen-bond acceptors (Lipinski definition) is 2. The Kier molecular flexibility index (Phi) is 2.54. The molecule has 0 unspecified atom stereocenters. The van der Waals surface area contributed by atoms with E-state index in [1.54, 1.807) is 0 Å². The SMILES string of the molecule is C[C@@H]1CN(C(=O)CC2CC2)CCN1. The molecule has 1 saturated heterocycles. The molecule has 1 N–H and O–H groups in total. The fraction of sp³-hybridized carbons (Fsp3) is 0.900. The first-order valence-corrected chi connectivity index (χ1v) is 5.27. The first-order chi connectivity index (χ1) is 6.25. The molecule has 2 rings (SSSR count). The van der Waals surface area contributed by atoms with Gasteiger partial charge in [-0.05, 0) is 25.7 Å². The van der Waals surface area contributed by atoms with E-state index in [-0.39, 0.29) is 0 Å². The van der Waals surface area contributed by atoms with Gasteiger partial charge in [-0.15, -0.1) is 0 Å². The molecule has 0 bridgehead atoms. The molecule has 1 amide bonds. The summed E-state index contributed by atoms with van der Waals surface area (Å²) in [7, 11) is 0. The Morgan fingerprint density at radius 3 is 2.92 bits per heavy atom. The van der Waals surface area contributed by atoms with E-state index in [2.05, 4.69) is 12.2 Å². The Balaban J connectivity index is 1.80. The number of rotatable bonds is 2. The number of nitrogens with zero attached hydrogens (tertiary/aromatic N) is 1. The van der Waals surface area contributed by atoms with E-state index < -0.39 is 0 Å². The maximum atomic E-state index is 11.7. The lowest BCUT2D eigenvalue weighted by molar-refractivity contribution is -0.132. The van der Waals surface area contributed by atoms with Crippen LogP contribution in [0.1, 0.15) is 26.2 Å². The molecule has 2 fully saturated rings. The van der Waals surface area contributed by atoms with E-state index in [4.69, 9.17) is 0 Å². The zero-order chi connectivity index (χ0) is 9.26. The first kappa shape index (κ1) is 9.00. The average molecular weight is 182 g/mol. The summed E-state index contributed by atoms with van der Waals surface area (Å²) in [5.74, 6) is 1.09. The molecular formula is C10H18N2O. The second-order valence-electron chi connectivity index (χ2n) is 4.34. The van der Waals surface area contributed by atoms with Crippen LogP contribution in [0.4, 0.5) is 0 Å². The Morgan fingerprint density at radius 1 is 1.54 bits per heavy atom. The molecule has 74 valence electrons. The van der Waals surface area contributed by atoms with Crippen LogP contribution in [0.15, 0.2) is 0 Å². The molecule has 1 saturated carbocycles. The fourth-order valence-corrected chi connectivity index (χ4v) is 1.86. The van der Waals surface area contributed by atoms with Gasteiger partial charge in [0, 0.05) is 32.1 Å². The summed E-state index contributed by atoms with van der Waals surface area (Å²) >= 11 is 0. The van der Waals surface area contributed by atoms with Gasteiger partial charge in [-0.3, -0.25) is 4.79 Å². The summed E-state index contributed by atoms with van der Waals surface area (Å²) in [6.45, 7) is 4.88. The molecule has 13 heavy (non-hydrogen) atoms. The second kappa shape index (κ2) is 3.66. The van der Waals surface area contributed by atoms with Crippen LogP contribution < -0.4 is 5.32 Å². The van der Waals surface area contributed by atoms with Crippen molar-refractivity contribution in [1.29, 1.82) is 0 Å². The van der Waals surface area contributed by atoms with Crippen LogP contribution in [0, 0.1) is 5.92 Å². The molecule has 0 spiro atoms. The molecule has 1 aliphatic carbocycles. The Labute approximate surface area is 79.5 Å². The Morgan fingerprint density at radius 2 is 2.31 bits per heavy atom. The summed E-state index contributed by atoms with van der Waals surface area (Å²) in [6.07, 6.45) is 3.34. The Bertz CT molecular complexity index is 201. The minimum atomic E-state index is 0.371. The molecule has 0 aromatic carbocycles. The van der Waals surface area contributed by atoms with Crippen LogP contribution in [-0.4, -0.2) is 36.5 Å². The highest BCUT2D eigenvalue weighted by Gasteiger charge is 2.28. The van der Waals surface area contributed by atoms with E-state index in [0.717, 1.165) is 32.0 Å². The smallest absolute Gasteiger partial charge is 0.222 e. The average Bonchev–Trinajstić information content (AvgIpc) is 2.88. The van der Waals surface area contributed by atoms with Crippen LogP contribution in [0.25, 0.3) is 0 Å². The summed E-state index contributed by atoms with van der Waals surface area (Å²) in [6, 6.07) is 0.469. The van der Waals surface area contributed by atoms with Gasteiger partial charge in [-0.2, -0.15) is 0 Å². The summed E-state index contributed by atoms with van der Waals surface area (Å²) in [4.78, 5) is 13.7. The van der Waals surface area contributed by atoms with E-state index in [9.17, 15) is 4.79 Å². The van der Waals surface area contributed by atoms with Crippen molar-refractivity contribution < 1.29 is 4.79 Å². The minimum absolute atomic E-state index is 0.371. The quantitative estimate of drug-likeness (QED) is 0.678. The normalized spacial score (nSPS) is 29.0. The monoisotopic (exact) mass is 182 g/mol. The van der Waals surface area contributed by atoms with Crippen LogP contribution in [0.3, 0.4) is 0 Å². The fourth-order valence-electron chi connectivity index (χ4n) is 1.86. The maximum Gasteiger partial charge on any atom is 0.222 e. The number of hydrogen-bond donors (Lipinski definition) is 1. The summed E-state index contributed by atoms with van der Waals surface area (Å²) in [5, 5.41) is 3.34. The second-order valence-corrected chi connectivity index (χ2v) is 4.34. The van der Waals surface area contributed by atoms with Crippen molar-refractivity contribution in [3.8, 4) is 0 Å². The third kappa shape index (κ3) is 2.44. The zero-order valence-electron chi connectivity index (χ0n) is 8.25. The van der Waals surface area contributed by atoms with Gasteiger partial charge < -0.3 is 10.2 Å². The van der Waals surface area contributed by atoms with Crippen LogP contribution in [0.2, 0.25) is 0 Å². The molecule has 1 atom stereocenters. The zero-order valence-corrected chi connectivity index (χ0v) is 8.25. The number of carbonyl (C=O) groups excluding carboxylic acids is 1. The molecular weight excluding hydrogens is 164 g/mol. The molecule has 3 nitrogen and oxygen atoms in total. The summed E-state index contributed by atoms with van der Waals surface area (Å²) < 4.78 is 0. The van der Waals surface area contributed by atoms with Gasteiger partial charge in [-0.1, -0.05) is 0 Å². The van der Waals surface area contributed by atoms with Crippen LogP contribution in [0.5, 0.6) is 0 Å². The highest BCUT2D eigenvalue weighted by molar-refractivity contribution is 5.76. The van der Waals surface area contributed by atoms with Gasteiger partial charge in [0.2, 0.25) is 5.91 Å². The summed E-state index contributed by atoms with van der Waals surface area (Å²) in [5.41, 5.74) is 0. The predicted molar refractivity (Wildman–Crippen MR) is 51.4 cm³/mol. The molecule has 0 radical (unpaired) electrons. The highest BCUT2D eigenvalue weighted by Crippen LogP contribution is 2.32. The lowest BCUT2D eigenvalue weighted by atomic mass is 10.2. The number of carbonyl (C=O) groups is 1. The van der Waals surface area contributed by atoms with E-state index in [1.165, 1.54) is 12.8 Å². The van der Waals surface area contributed by atoms with E-state index in [1.807, 2.05) is 4.90 Å². The number of piperazine rings is 1. The standard InChI is InChI=1S/C10H18N2O/c1-8-7-12(5-4-11-8)10(13)6-9-2-3-9/h8-9,11H,2-7H2,1H3/t8-/m1/s1. The van der Waals surface area contributed by atoms with Crippen molar-refractivity contribution in [1.82, 2.24) is 10.2 Å². The minimum Gasteiger partial charge on any atom is -0.340 e. The van der Waals surface area contributed by atoms with E-state index in [0.29, 0.717) is 11.9 Å². The van der Waals surface area contributed by atoms with Gasteiger partial charge in [0.25, 0.3) is 0 Å². The number of amides is 1. The van der Waals surface area contributed by atoms with Crippen molar-refractivity contribution >= 4 is 5.91 Å². The first-order valence-electron chi connectivity index (χ1n) is 5.27. The van der Waals surface area contributed by atoms with Crippen molar-refractivity contribution in [3.05, 3.63) is 0 Å². The molecule has 1 heterocycles. The topological polar surface area (TPSA) is 32.3 Å². The van der Waals surface area contributed by atoms with Crippen LogP contribution in [-0.2, 0) is 4.79 Å². The van der Waals surface area contributed by atoms with Gasteiger partial charge in [-0.25, -0.2) is 0 Å². The predicted octanol–water partition coefficient (Wildman–Crippen LogP) is 0.607.